The zero-order chi connectivity index (χ0) is 17.4. The van der Waals surface area contributed by atoms with Gasteiger partial charge >= 0.3 is 0 Å². The summed E-state index contributed by atoms with van der Waals surface area (Å²) in [5.41, 5.74) is 1.33. The van der Waals surface area contributed by atoms with Crippen molar-refractivity contribution >= 4 is 60.3 Å². The third-order valence-corrected chi connectivity index (χ3v) is 5.80. The van der Waals surface area contributed by atoms with Gasteiger partial charge < -0.3 is 9.80 Å². The number of piperazine rings is 1. The number of rotatable bonds is 2. The summed E-state index contributed by atoms with van der Waals surface area (Å²) in [7, 11) is 0. The summed E-state index contributed by atoms with van der Waals surface area (Å²) in [6.07, 6.45) is 3.36. The average Bonchev–Trinajstić information content (AvgIpc) is 3.07. The molecule has 9 heteroatoms. The number of anilines is 1. The third-order valence-electron chi connectivity index (χ3n) is 4.03. The van der Waals surface area contributed by atoms with Crippen LogP contribution < -0.4 is 4.90 Å². The van der Waals surface area contributed by atoms with Gasteiger partial charge in [-0.25, -0.2) is 15.0 Å². The molecule has 1 saturated heterocycles. The third kappa shape index (κ3) is 3.33. The Hall–Kier alpha value is -1.77. The largest absolute Gasteiger partial charge is 0.344 e. The van der Waals surface area contributed by atoms with Crippen LogP contribution in [-0.4, -0.2) is 51.9 Å². The lowest BCUT2D eigenvalue weighted by Gasteiger charge is -2.34. The minimum absolute atomic E-state index is 0.0931. The Morgan fingerprint density at radius 3 is 2.80 bits per heavy atom. The van der Waals surface area contributed by atoms with Gasteiger partial charge in [-0.2, -0.15) is 0 Å². The molecule has 128 valence electrons. The van der Waals surface area contributed by atoms with Crippen molar-refractivity contribution in [2.75, 3.05) is 31.1 Å². The number of pyridine rings is 2. The minimum atomic E-state index is -0.0931. The SMILES string of the molecule is O=C(c1cc(Br)cnc1Cl)N1CCN(c2nc3cccnc3s2)CC1. The summed E-state index contributed by atoms with van der Waals surface area (Å²) in [4.78, 5) is 30.6. The molecule has 4 rings (SSSR count). The topological polar surface area (TPSA) is 62.2 Å². The van der Waals surface area contributed by atoms with Gasteiger partial charge in [-0.1, -0.05) is 22.9 Å². The van der Waals surface area contributed by atoms with Crippen molar-refractivity contribution in [1.82, 2.24) is 19.9 Å². The highest BCUT2D eigenvalue weighted by atomic mass is 79.9. The Balaban J connectivity index is 1.47. The lowest BCUT2D eigenvalue weighted by Crippen LogP contribution is -2.48. The van der Waals surface area contributed by atoms with E-state index in [1.807, 2.05) is 12.1 Å². The van der Waals surface area contributed by atoms with Crippen LogP contribution >= 0.6 is 38.9 Å². The Bertz CT molecular complexity index is 908. The summed E-state index contributed by atoms with van der Waals surface area (Å²) >= 11 is 11.0. The maximum Gasteiger partial charge on any atom is 0.257 e. The smallest absolute Gasteiger partial charge is 0.257 e. The first-order valence-electron chi connectivity index (χ1n) is 7.68. The fourth-order valence-corrected chi connectivity index (χ4v) is 4.21. The molecule has 0 bridgehead atoms. The Kier molecular flexibility index (Phi) is 4.58. The fourth-order valence-electron chi connectivity index (χ4n) is 2.74. The Morgan fingerprint density at radius 1 is 1.24 bits per heavy atom. The summed E-state index contributed by atoms with van der Waals surface area (Å²) in [5, 5.41) is 1.18. The number of amides is 1. The van der Waals surface area contributed by atoms with Crippen LogP contribution in [-0.2, 0) is 0 Å². The molecule has 0 radical (unpaired) electrons. The monoisotopic (exact) mass is 437 g/mol. The molecule has 6 nitrogen and oxygen atoms in total. The van der Waals surface area contributed by atoms with Gasteiger partial charge in [0.05, 0.1) is 5.56 Å². The lowest BCUT2D eigenvalue weighted by molar-refractivity contribution is 0.0746. The lowest BCUT2D eigenvalue weighted by atomic mass is 10.2. The number of halogens is 2. The molecular weight excluding hydrogens is 426 g/mol. The second kappa shape index (κ2) is 6.86. The molecule has 3 aromatic heterocycles. The van der Waals surface area contributed by atoms with Gasteiger partial charge in [0.15, 0.2) is 5.13 Å². The first-order chi connectivity index (χ1) is 12.1. The summed E-state index contributed by atoms with van der Waals surface area (Å²) in [6.45, 7) is 2.69. The van der Waals surface area contributed by atoms with Crippen LogP contribution in [0.5, 0.6) is 0 Å². The highest BCUT2D eigenvalue weighted by Gasteiger charge is 2.25. The Morgan fingerprint density at radius 2 is 2.04 bits per heavy atom. The van der Waals surface area contributed by atoms with Gasteiger partial charge in [0.2, 0.25) is 0 Å². The van der Waals surface area contributed by atoms with Gasteiger partial charge in [0, 0.05) is 43.0 Å². The molecule has 1 amide bonds. The van der Waals surface area contributed by atoms with Crippen LogP contribution in [0.4, 0.5) is 5.13 Å². The van der Waals surface area contributed by atoms with E-state index in [2.05, 4.69) is 35.8 Å². The number of hydrogen-bond donors (Lipinski definition) is 0. The fraction of sp³-hybridized carbons (Fsp3) is 0.250. The number of thiazole rings is 1. The highest BCUT2D eigenvalue weighted by Crippen LogP contribution is 2.28. The second-order valence-electron chi connectivity index (χ2n) is 5.60. The molecule has 0 aromatic carbocycles. The van der Waals surface area contributed by atoms with E-state index in [0.29, 0.717) is 18.7 Å². The van der Waals surface area contributed by atoms with Crippen molar-refractivity contribution in [3.8, 4) is 0 Å². The standard InChI is InChI=1S/C16H13BrClN5OS/c17-10-8-11(13(18)20-9-10)15(24)22-4-6-23(7-5-22)16-21-12-2-1-3-19-14(12)25-16/h1-3,8-9H,4-7H2. The van der Waals surface area contributed by atoms with Crippen LogP contribution in [0.1, 0.15) is 10.4 Å². The van der Waals surface area contributed by atoms with E-state index in [1.165, 1.54) is 0 Å². The molecule has 1 fully saturated rings. The van der Waals surface area contributed by atoms with E-state index >= 15 is 0 Å². The van der Waals surface area contributed by atoms with Gasteiger partial charge in [-0.05, 0) is 34.1 Å². The molecule has 0 spiro atoms. The van der Waals surface area contributed by atoms with E-state index in [-0.39, 0.29) is 11.1 Å². The number of carbonyl (C=O) groups is 1. The zero-order valence-corrected chi connectivity index (χ0v) is 16.2. The van der Waals surface area contributed by atoms with Gasteiger partial charge in [-0.15, -0.1) is 0 Å². The predicted molar refractivity (Wildman–Crippen MR) is 102 cm³/mol. The quantitative estimate of drug-likeness (QED) is 0.573. The maximum absolute atomic E-state index is 12.7. The molecular formula is C16H13BrClN5OS. The van der Waals surface area contributed by atoms with E-state index in [9.17, 15) is 4.79 Å². The predicted octanol–water partition coefficient (Wildman–Crippen LogP) is 3.46. The van der Waals surface area contributed by atoms with Crippen molar-refractivity contribution in [1.29, 1.82) is 0 Å². The van der Waals surface area contributed by atoms with Crippen molar-refractivity contribution < 1.29 is 4.79 Å². The number of nitrogens with zero attached hydrogens (tertiary/aromatic N) is 5. The molecule has 4 heterocycles. The second-order valence-corrected chi connectivity index (χ2v) is 7.82. The molecule has 0 N–H and O–H groups in total. The van der Waals surface area contributed by atoms with E-state index in [1.54, 1.807) is 34.7 Å². The molecule has 0 saturated carbocycles. The first kappa shape index (κ1) is 16.7. The van der Waals surface area contributed by atoms with Crippen molar-refractivity contribution in [3.05, 3.63) is 45.8 Å². The number of aromatic nitrogens is 3. The van der Waals surface area contributed by atoms with Crippen LogP contribution in [0.3, 0.4) is 0 Å². The van der Waals surface area contributed by atoms with Gasteiger partial charge in [0.1, 0.15) is 15.5 Å². The number of hydrogen-bond acceptors (Lipinski definition) is 6. The molecule has 25 heavy (non-hydrogen) atoms. The summed E-state index contributed by atoms with van der Waals surface area (Å²) < 4.78 is 0.737. The molecule has 1 aliphatic rings. The van der Waals surface area contributed by atoms with E-state index < -0.39 is 0 Å². The van der Waals surface area contributed by atoms with E-state index in [4.69, 9.17) is 11.6 Å². The summed E-state index contributed by atoms with van der Waals surface area (Å²) in [5.74, 6) is -0.0931. The van der Waals surface area contributed by atoms with Crippen LogP contribution in [0, 0.1) is 0 Å². The molecule has 3 aromatic rings. The molecule has 0 unspecified atom stereocenters. The number of carbonyl (C=O) groups excluding carboxylic acids is 1. The van der Waals surface area contributed by atoms with Crippen molar-refractivity contribution in [3.63, 3.8) is 0 Å². The Labute approximate surface area is 161 Å². The normalized spacial score (nSPS) is 15.0. The first-order valence-corrected chi connectivity index (χ1v) is 9.67. The molecule has 0 atom stereocenters. The highest BCUT2D eigenvalue weighted by molar-refractivity contribution is 9.10. The van der Waals surface area contributed by atoms with Crippen molar-refractivity contribution in [2.24, 2.45) is 0 Å². The van der Waals surface area contributed by atoms with Crippen molar-refractivity contribution in [2.45, 2.75) is 0 Å². The average molecular weight is 439 g/mol. The molecule has 0 aliphatic carbocycles. The minimum Gasteiger partial charge on any atom is -0.344 e. The number of fused-ring (bicyclic) bond motifs is 1. The van der Waals surface area contributed by atoms with E-state index in [0.717, 1.165) is 33.0 Å². The summed E-state index contributed by atoms with van der Waals surface area (Å²) in [6, 6.07) is 5.56. The zero-order valence-electron chi connectivity index (χ0n) is 13.0. The van der Waals surface area contributed by atoms with Crippen LogP contribution in [0.2, 0.25) is 5.15 Å². The maximum atomic E-state index is 12.7. The molecule has 1 aliphatic heterocycles. The van der Waals surface area contributed by atoms with Crippen LogP contribution in [0.25, 0.3) is 10.3 Å². The van der Waals surface area contributed by atoms with Gasteiger partial charge in [0.25, 0.3) is 5.91 Å². The van der Waals surface area contributed by atoms with Crippen LogP contribution in [0.15, 0.2) is 35.1 Å². The van der Waals surface area contributed by atoms with Gasteiger partial charge in [-0.3, -0.25) is 4.79 Å².